The number of imidazole rings is 1. The Morgan fingerprint density at radius 1 is 1.41 bits per heavy atom. The fourth-order valence-electron chi connectivity index (χ4n) is 1.90. The van der Waals surface area contributed by atoms with E-state index in [2.05, 4.69) is 10.1 Å². The highest BCUT2D eigenvalue weighted by atomic mass is 16.3. The van der Waals surface area contributed by atoms with Gasteiger partial charge in [0.05, 0.1) is 12.3 Å². The molecule has 0 aliphatic heterocycles. The maximum atomic E-state index is 10.1. The van der Waals surface area contributed by atoms with Crippen LogP contribution in [0.15, 0.2) is 18.6 Å². The summed E-state index contributed by atoms with van der Waals surface area (Å²) in [5.74, 6) is 0.991. The van der Waals surface area contributed by atoms with E-state index in [0.717, 1.165) is 23.5 Å². The van der Waals surface area contributed by atoms with Crippen LogP contribution in [-0.2, 0) is 20.5 Å². The molecule has 2 heterocycles. The number of aliphatic hydroxyl groups excluding tert-OH is 1. The molecule has 1 N–H and O–H groups in total. The van der Waals surface area contributed by atoms with Gasteiger partial charge in [-0.05, 0) is 13.3 Å². The molecule has 0 aliphatic rings. The van der Waals surface area contributed by atoms with Crippen LogP contribution in [0.1, 0.15) is 29.6 Å². The fraction of sp³-hybridized carbons (Fsp3) is 0.500. The molecule has 0 radical (unpaired) electrons. The molecule has 5 heteroatoms. The van der Waals surface area contributed by atoms with Crippen LogP contribution >= 0.6 is 0 Å². The average molecular weight is 234 g/mol. The monoisotopic (exact) mass is 234 g/mol. The molecule has 0 amide bonds. The molecule has 0 saturated carbocycles. The molecule has 17 heavy (non-hydrogen) atoms. The largest absolute Gasteiger partial charge is 0.388 e. The van der Waals surface area contributed by atoms with Crippen LogP contribution in [0.3, 0.4) is 0 Å². The van der Waals surface area contributed by atoms with Crippen molar-refractivity contribution in [3.8, 4) is 0 Å². The quantitative estimate of drug-likeness (QED) is 0.862. The molecule has 5 nitrogen and oxygen atoms in total. The van der Waals surface area contributed by atoms with Gasteiger partial charge in [-0.25, -0.2) is 4.98 Å². The Bertz CT molecular complexity index is 500. The van der Waals surface area contributed by atoms with E-state index in [9.17, 15) is 5.11 Å². The molecule has 2 rings (SSSR count). The average Bonchev–Trinajstić information content (AvgIpc) is 2.84. The number of hydrogen-bond donors (Lipinski definition) is 1. The molecule has 0 aromatic carbocycles. The van der Waals surface area contributed by atoms with E-state index in [1.165, 1.54) is 0 Å². The van der Waals surface area contributed by atoms with Gasteiger partial charge in [-0.15, -0.1) is 0 Å². The smallest absolute Gasteiger partial charge is 0.108 e. The van der Waals surface area contributed by atoms with Crippen molar-refractivity contribution >= 4 is 0 Å². The third-order valence-electron chi connectivity index (χ3n) is 3.19. The molecule has 0 aliphatic carbocycles. The van der Waals surface area contributed by atoms with Gasteiger partial charge in [0, 0.05) is 44.2 Å². The first-order valence-corrected chi connectivity index (χ1v) is 5.72. The van der Waals surface area contributed by atoms with Gasteiger partial charge in [0.15, 0.2) is 0 Å². The molecule has 1 unspecified atom stereocenters. The van der Waals surface area contributed by atoms with Crippen molar-refractivity contribution in [1.29, 1.82) is 0 Å². The Labute approximate surface area is 101 Å². The fourth-order valence-corrected chi connectivity index (χ4v) is 1.90. The standard InChI is InChI=1S/C12H18N4O/c1-9-10(8-14-16(9)3)11(17)4-5-12-13-6-7-15(12)2/h6-8,11,17H,4-5H2,1-3H3. The van der Waals surface area contributed by atoms with E-state index < -0.39 is 6.10 Å². The molecule has 1 atom stereocenters. The number of nitrogens with zero attached hydrogens (tertiary/aromatic N) is 4. The van der Waals surface area contributed by atoms with Crippen LogP contribution in [0.4, 0.5) is 0 Å². The summed E-state index contributed by atoms with van der Waals surface area (Å²) in [6.07, 6.45) is 6.38. The van der Waals surface area contributed by atoms with Gasteiger partial charge in [-0.1, -0.05) is 0 Å². The Balaban J connectivity index is 2.00. The summed E-state index contributed by atoms with van der Waals surface area (Å²) in [6, 6.07) is 0. The molecule has 0 fully saturated rings. The first-order valence-electron chi connectivity index (χ1n) is 5.72. The molecular formula is C12H18N4O. The molecule has 0 saturated heterocycles. The van der Waals surface area contributed by atoms with E-state index in [1.807, 2.05) is 31.8 Å². The van der Waals surface area contributed by atoms with Gasteiger partial charge < -0.3 is 9.67 Å². The number of aliphatic hydroxyl groups is 1. The highest BCUT2D eigenvalue weighted by Gasteiger charge is 2.14. The number of aromatic nitrogens is 4. The van der Waals surface area contributed by atoms with Gasteiger partial charge in [-0.3, -0.25) is 4.68 Å². The first-order chi connectivity index (χ1) is 8.09. The molecule has 92 valence electrons. The SMILES string of the molecule is Cc1c(C(O)CCc2nccn2C)cnn1C. The second-order valence-corrected chi connectivity index (χ2v) is 4.32. The summed E-state index contributed by atoms with van der Waals surface area (Å²) in [5, 5.41) is 14.2. The minimum Gasteiger partial charge on any atom is -0.388 e. The lowest BCUT2D eigenvalue weighted by Crippen LogP contribution is -2.04. The van der Waals surface area contributed by atoms with Gasteiger partial charge in [0.25, 0.3) is 0 Å². The molecule has 2 aromatic rings. The van der Waals surface area contributed by atoms with Crippen LogP contribution in [0.2, 0.25) is 0 Å². The third-order valence-corrected chi connectivity index (χ3v) is 3.19. The Hall–Kier alpha value is -1.62. The van der Waals surface area contributed by atoms with Gasteiger partial charge >= 0.3 is 0 Å². The molecular weight excluding hydrogens is 216 g/mol. The van der Waals surface area contributed by atoms with E-state index in [0.29, 0.717) is 6.42 Å². The van der Waals surface area contributed by atoms with Crippen LogP contribution in [-0.4, -0.2) is 24.4 Å². The van der Waals surface area contributed by atoms with E-state index >= 15 is 0 Å². The predicted octanol–water partition coefficient (Wildman–Crippen LogP) is 1.13. The minimum atomic E-state index is -0.472. The van der Waals surface area contributed by atoms with Gasteiger partial charge in [0.1, 0.15) is 5.82 Å². The second kappa shape index (κ2) is 4.71. The lowest BCUT2D eigenvalue weighted by atomic mass is 10.1. The van der Waals surface area contributed by atoms with Crippen molar-refractivity contribution in [3.05, 3.63) is 35.7 Å². The maximum absolute atomic E-state index is 10.1. The van der Waals surface area contributed by atoms with E-state index in [1.54, 1.807) is 17.1 Å². The lowest BCUT2D eigenvalue weighted by Gasteiger charge is -2.10. The summed E-state index contributed by atoms with van der Waals surface area (Å²) in [4.78, 5) is 4.24. The van der Waals surface area contributed by atoms with Crippen molar-refractivity contribution in [2.24, 2.45) is 14.1 Å². The van der Waals surface area contributed by atoms with Crippen molar-refractivity contribution < 1.29 is 5.11 Å². The highest BCUT2D eigenvalue weighted by Crippen LogP contribution is 2.21. The summed E-state index contributed by atoms with van der Waals surface area (Å²) >= 11 is 0. The zero-order valence-electron chi connectivity index (χ0n) is 10.5. The summed E-state index contributed by atoms with van der Waals surface area (Å²) in [6.45, 7) is 1.96. The van der Waals surface area contributed by atoms with Crippen molar-refractivity contribution in [1.82, 2.24) is 19.3 Å². The normalized spacial score (nSPS) is 12.9. The highest BCUT2D eigenvalue weighted by molar-refractivity contribution is 5.18. The summed E-state index contributed by atoms with van der Waals surface area (Å²) in [7, 11) is 3.84. The van der Waals surface area contributed by atoms with E-state index in [-0.39, 0.29) is 0 Å². The van der Waals surface area contributed by atoms with Crippen molar-refractivity contribution in [2.75, 3.05) is 0 Å². The second-order valence-electron chi connectivity index (χ2n) is 4.32. The Morgan fingerprint density at radius 3 is 2.71 bits per heavy atom. The van der Waals surface area contributed by atoms with Crippen molar-refractivity contribution in [3.63, 3.8) is 0 Å². The predicted molar refractivity (Wildman–Crippen MR) is 64.4 cm³/mol. The topological polar surface area (TPSA) is 55.9 Å². The molecule has 2 aromatic heterocycles. The lowest BCUT2D eigenvalue weighted by molar-refractivity contribution is 0.166. The van der Waals surface area contributed by atoms with Crippen LogP contribution < -0.4 is 0 Å². The molecule has 0 spiro atoms. The Kier molecular flexibility index (Phi) is 3.28. The van der Waals surface area contributed by atoms with Crippen molar-refractivity contribution in [2.45, 2.75) is 25.9 Å². The summed E-state index contributed by atoms with van der Waals surface area (Å²) < 4.78 is 3.75. The van der Waals surface area contributed by atoms with E-state index in [4.69, 9.17) is 0 Å². The minimum absolute atomic E-state index is 0.472. The molecule has 0 bridgehead atoms. The Morgan fingerprint density at radius 2 is 2.18 bits per heavy atom. The zero-order valence-corrected chi connectivity index (χ0v) is 10.5. The maximum Gasteiger partial charge on any atom is 0.108 e. The number of aryl methyl sites for hydroxylation is 3. The number of hydrogen-bond acceptors (Lipinski definition) is 3. The van der Waals surface area contributed by atoms with Gasteiger partial charge in [0.2, 0.25) is 0 Å². The number of rotatable bonds is 4. The zero-order chi connectivity index (χ0) is 12.4. The van der Waals surface area contributed by atoms with Crippen LogP contribution in [0.5, 0.6) is 0 Å². The third kappa shape index (κ3) is 2.39. The summed E-state index contributed by atoms with van der Waals surface area (Å²) in [5.41, 5.74) is 1.92. The van der Waals surface area contributed by atoms with Crippen LogP contribution in [0, 0.1) is 6.92 Å². The van der Waals surface area contributed by atoms with Gasteiger partial charge in [-0.2, -0.15) is 5.10 Å². The first kappa shape index (κ1) is 11.9. The van der Waals surface area contributed by atoms with Crippen LogP contribution in [0.25, 0.3) is 0 Å².